The molecule has 0 bridgehead atoms. The van der Waals surface area contributed by atoms with Gasteiger partial charge in [-0.05, 0) is 43.3 Å². The lowest BCUT2D eigenvalue weighted by Gasteiger charge is -2.38. The fraction of sp³-hybridized carbons (Fsp3) is 0.500. The highest BCUT2D eigenvalue weighted by Gasteiger charge is 2.64. The number of hydrogen-bond donors (Lipinski definition) is 0. The van der Waals surface area contributed by atoms with E-state index in [9.17, 15) is 22.8 Å². The van der Waals surface area contributed by atoms with Gasteiger partial charge in [-0.25, -0.2) is 13.8 Å². The first-order chi connectivity index (χ1) is 18.0. The van der Waals surface area contributed by atoms with Crippen LogP contribution in [0.5, 0.6) is 0 Å². The van der Waals surface area contributed by atoms with Crippen LogP contribution >= 0.6 is 0 Å². The minimum atomic E-state index is -4.16. The van der Waals surface area contributed by atoms with Crippen LogP contribution < -0.4 is 11.2 Å². The molecule has 1 aromatic carbocycles. The molecule has 0 aliphatic carbocycles. The summed E-state index contributed by atoms with van der Waals surface area (Å²) in [7, 11) is -5.20. The smallest absolute Gasteiger partial charge is 0.338 e. The second-order valence-corrected chi connectivity index (χ2v) is 17.6. The molecule has 0 N–H and O–H groups in total. The van der Waals surface area contributed by atoms with Crippen LogP contribution in [0.1, 0.15) is 42.9 Å². The number of rotatable bonds is 6. The SMILES string of the molecule is Cc1cn([C@@H]2O[C@H](CO[Si](C)(C)C(C)(C)C)C3(C=CS(=O)(=O)O3)[C@H]2OC(=O)c2ccccc2)c(=O)n(C)c1=O. The van der Waals surface area contributed by atoms with Crippen molar-refractivity contribution in [2.75, 3.05) is 6.61 Å². The highest BCUT2D eigenvalue weighted by Crippen LogP contribution is 2.47. The number of esters is 1. The minimum absolute atomic E-state index is 0.0915. The van der Waals surface area contributed by atoms with E-state index in [4.69, 9.17) is 18.1 Å². The molecule has 11 nitrogen and oxygen atoms in total. The van der Waals surface area contributed by atoms with Crippen molar-refractivity contribution in [3.05, 3.63) is 80.0 Å². The van der Waals surface area contributed by atoms with E-state index in [1.807, 2.05) is 13.1 Å². The van der Waals surface area contributed by atoms with Crippen molar-refractivity contribution in [2.45, 2.75) is 69.9 Å². The van der Waals surface area contributed by atoms with Crippen LogP contribution in [-0.2, 0) is 35.2 Å². The third-order valence-corrected chi connectivity index (χ3v) is 13.2. The number of carbonyl (C=O) groups excluding carboxylic acids is 1. The van der Waals surface area contributed by atoms with E-state index in [0.29, 0.717) is 0 Å². The molecule has 4 rings (SSSR count). The summed E-state index contributed by atoms with van der Waals surface area (Å²) >= 11 is 0. The van der Waals surface area contributed by atoms with Crippen LogP contribution in [0.4, 0.5) is 0 Å². The van der Waals surface area contributed by atoms with Gasteiger partial charge in [0.15, 0.2) is 26.3 Å². The summed E-state index contributed by atoms with van der Waals surface area (Å²) in [5, 5.41) is 0.720. The molecular formula is C26H34N2O9SSi. The number of aryl methyl sites for hydroxylation is 1. The van der Waals surface area contributed by atoms with E-state index in [1.54, 1.807) is 30.3 Å². The zero-order valence-electron chi connectivity index (χ0n) is 23.0. The zero-order valence-corrected chi connectivity index (χ0v) is 24.9. The first-order valence-electron chi connectivity index (χ1n) is 12.5. The van der Waals surface area contributed by atoms with Crippen molar-refractivity contribution in [1.29, 1.82) is 0 Å². The summed E-state index contributed by atoms with van der Waals surface area (Å²) in [4.78, 5) is 38.9. The Morgan fingerprint density at radius 2 is 1.79 bits per heavy atom. The molecule has 1 fully saturated rings. The normalized spacial score (nSPS) is 26.3. The fourth-order valence-corrected chi connectivity index (χ4v) is 6.41. The van der Waals surface area contributed by atoms with E-state index in [1.165, 1.54) is 26.2 Å². The van der Waals surface area contributed by atoms with Gasteiger partial charge in [0.2, 0.25) is 0 Å². The van der Waals surface area contributed by atoms with Gasteiger partial charge in [0.25, 0.3) is 15.7 Å². The molecule has 39 heavy (non-hydrogen) atoms. The Kier molecular flexibility index (Phi) is 7.45. The molecule has 0 amide bonds. The highest BCUT2D eigenvalue weighted by atomic mass is 32.2. The summed E-state index contributed by atoms with van der Waals surface area (Å²) in [5.74, 6) is -0.768. The standard InChI is InChI=1S/C26H34N2O9SSi/c1-17-15-28(24(31)27(5)21(17)29)22-20(36-23(30)18-11-9-8-10-12-18)26(13-14-38(32,33)37-26)19(35-22)16-34-39(6,7)25(2,3)4/h8-15,19-20,22H,16H2,1-7H3/t19-,20+,22-,26?/m1/s1. The molecule has 2 aromatic rings. The summed E-state index contributed by atoms with van der Waals surface area (Å²) in [6.07, 6.45) is -1.26. The van der Waals surface area contributed by atoms with Gasteiger partial charge in [-0.3, -0.25) is 13.9 Å². The van der Waals surface area contributed by atoms with E-state index >= 15 is 0 Å². The molecule has 1 saturated heterocycles. The molecule has 2 aliphatic rings. The van der Waals surface area contributed by atoms with Crippen LogP contribution in [0.2, 0.25) is 18.1 Å². The first-order valence-corrected chi connectivity index (χ1v) is 16.9. The average molecular weight is 579 g/mol. The largest absolute Gasteiger partial charge is 0.450 e. The fourth-order valence-electron chi connectivity index (χ4n) is 4.32. The van der Waals surface area contributed by atoms with Gasteiger partial charge in [0.1, 0.15) is 6.10 Å². The second-order valence-electron chi connectivity index (χ2n) is 11.4. The Morgan fingerprint density at radius 3 is 2.36 bits per heavy atom. The van der Waals surface area contributed by atoms with Crippen molar-refractivity contribution in [3.8, 4) is 0 Å². The molecule has 0 saturated carbocycles. The first kappa shape index (κ1) is 29.1. The quantitative estimate of drug-likeness (QED) is 0.288. The van der Waals surface area contributed by atoms with Gasteiger partial charge >= 0.3 is 11.7 Å². The van der Waals surface area contributed by atoms with Gasteiger partial charge in [-0.1, -0.05) is 39.0 Å². The molecule has 4 atom stereocenters. The van der Waals surface area contributed by atoms with Crippen molar-refractivity contribution in [1.82, 2.24) is 9.13 Å². The van der Waals surface area contributed by atoms with Gasteiger partial charge in [-0.15, -0.1) is 0 Å². The summed E-state index contributed by atoms with van der Waals surface area (Å²) in [5.41, 5.74) is -2.61. The molecule has 3 heterocycles. The van der Waals surface area contributed by atoms with Crippen molar-refractivity contribution in [3.63, 3.8) is 0 Å². The lowest BCUT2D eigenvalue weighted by molar-refractivity contribution is -0.0596. The van der Waals surface area contributed by atoms with Crippen molar-refractivity contribution >= 4 is 24.4 Å². The Labute approximate surface area is 228 Å². The third-order valence-electron chi connectivity index (χ3n) is 7.67. The minimum Gasteiger partial charge on any atom is -0.450 e. The molecule has 1 unspecified atom stereocenters. The molecular weight excluding hydrogens is 544 g/mol. The van der Waals surface area contributed by atoms with Crippen LogP contribution in [0.3, 0.4) is 0 Å². The van der Waals surface area contributed by atoms with Crippen LogP contribution in [-0.4, -0.2) is 56.3 Å². The predicted molar refractivity (Wildman–Crippen MR) is 145 cm³/mol. The maximum atomic E-state index is 13.2. The monoisotopic (exact) mass is 578 g/mol. The Morgan fingerprint density at radius 1 is 1.15 bits per heavy atom. The summed E-state index contributed by atoms with van der Waals surface area (Å²) < 4.78 is 51.4. The number of hydrogen-bond acceptors (Lipinski definition) is 9. The van der Waals surface area contributed by atoms with Crippen LogP contribution in [0, 0.1) is 6.92 Å². The second kappa shape index (κ2) is 9.97. The highest BCUT2D eigenvalue weighted by molar-refractivity contribution is 7.90. The van der Waals surface area contributed by atoms with Crippen LogP contribution in [0.25, 0.3) is 0 Å². The molecule has 212 valence electrons. The lowest BCUT2D eigenvalue weighted by Crippen LogP contribution is -2.53. The molecule has 13 heteroatoms. The van der Waals surface area contributed by atoms with Gasteiger partial charge in [-0.2, -0.15) is 8.42 Å². The number of carbonyl (C=O) groups is 1. The summed E-state index contributed by atoms with van der Waals surface area (Å²) in [6.45, 7) is 11.7. The number of nitrogens with zero attached hydrogens (tertiary/aromatic N) is 2. The predicted octanol–water partition coefficient (Wildman–Crippen LogP) is 2.61. The average Bonchev–Trinajstić information content (AvgIpc) is 3.34. The maximum Gasteiger partial charge on any atom is 0.338 e. The lowest BCUT2D eigenvalue weighted by atomic mass is 9.92. The van der Waals surface area contributed by atoms with E-state index in [0.717, 1.165) is 14.5 Å². The van der Waals surface area contributed by atoms with Crippen molar-refractivity contribution in [2.24, 2.45) is 7.05 Å². The molecule has 2 aliphatic heterocycles. The van der Waals surface area contributed by atoms with Crippen molar-refractivity contribution < 1.29 is 31.3 Å². The number of benzene rings is 1. The molecule has 1 spiro atoms. The van der Waals surface area contributed by atoms with E-state index in [-0.39, 0.29) is 22.8 Å². The van der Waals surface area contributed by atoms with Gasteiger partial charge < -0.3 is 13.9 Å². The van der Waals surface area contributed by atoms with Gasteiger partial charge in [0, 0.05) is 18.8 Å². The van der Waals surface area contributed by atoms with Gasteiger partial charge in [0.05, 0.1) is 17.6 Å². The topological polar surface area (TPSA) is 132 Å². The molecule has 1 aromatic heterocycles. The van der Waals surface area contributed by atoms with E-state index in [2.05, 4.69) is 20.8 Å². The molecule has 0 radical (unpaired) electrons. The summed E-state index contributed by atoms with van der Waals surface area (Å²) in [6, 6.07) is 8.13. The Hall–Kier alpha value is -2.84. The van der Waals surface area contributed by atoms with E-state index < -0.39 is 59.7 Å². The third kappa shape index (κ3) is 5.33. The van der Waals surface area contributed by atoms with Crippen LogP contribution in [0.15, 0.2) is 57.6 Å². The maximum absolute atomic E-state index is 13.2. The zero-order chi connectivity index (χ0) is 29.0. The number of aromatic nitrogens is 2. The Balaban J connectivity index is 1.85. The number of ether oxygens (including phenoxy) is 2. The Bertz CT molecular complexity index is 1520.